The predicted molar refractivity (Wildman–Crippen MR) is 187 cm³/mol. The van der Waals surface area contributed by atoms with Gasteiger partial charge in [-0.1, -0.05) is 103 Å². The number of hydrogen-bond acceptors (Lipinski definition) is 8. The van der Waals surface area contributed by atoms with Gasteiger partial charge in [-0.25, -0.2) is 29.2 Å². The Kier molecular flexibility index (Phi) is 11.8. The molecular formula is C40H34N4O6. The van der Waals surface area contributed by atoms with Gasteiger partial charge in [0.1, 0.15) is 11.5 Å². The van der Waals surface area contributed by atoms with Crippen molar-refractivity contribution in [3.8, 4) is 11.5 Å². The zero-order valence-corrected chi connectivity index (χ0v) is 27.3. The SMILES string of the molecule is CC(c1ccccc1)(c1ccc(OC(=O)NCc2cccc(CN=C=O)c2)cc1)c1ccc(OC(=O)NCc2cccc(CN=C=O)c2)cc1. The summed E-state index contributed by atoms with van der Waals surface area (Å²) in [4.78, 5) is 53.1. The van der Waals surface area contributed by atoms with Crippen molar-refractivity contribution in [2.75, 3.05) is 0 Å². The van der Waals surface area contributed by atoms with E-state index in [1.54, 1.807) is 24.3 Å². The number of ether oxygens (including phenoxy) is 2. The van der Waals surface area contributed by atoms with Crippen LogP contribution in [0.25, 0.3) is 0 Å². The number of amides is 2. The normalized spacial score (nSPS) is 11.5. The molecule has 0 spiro atoms. The average molecular weight is 667 g/mol. The number of hydrogen-bond donors (Lipinski definition) is 2. The van der Waals surface area contributed by atoms with E-state index in [4.69, 9.17) is 9.47 Å². The third-order valence-corrected chi connectivity index (χ3v) is 8.14. The van der Waals surface area contributed by atoms with E-state index in [0.717, 1.165) is 38.9 Å². The van der Waals surface area contributed by atoms with Crippen LogP contribution in [0.4, 0.5) is 9.59 Å². The quantitative estimate of drug-likeness (QED) is 0.0770. The molecule has 0 saturated carbocycles. The molecule has 50 heavy (non-hydrogen) atoms. The third-order valence-electron chi connectivity index (χ3n) is 8.14. The number of carbonyl (C=O) groups is 2. The Morgan fingerprint density at radius 1 is 0.560 bits per heavy atom. The molecule has 0 atom stereocenters. The topological polar surface area (TPSA) is 136 Å². The van der Waals surface area contributed by atoms with Crippen LogP contribution in [0, 0.1) is 0 Å². The van der Waals surface area contributed by atoms with Crippen LogP contribution in [0.3, 0.4) is 0 Å². The standard InChI is InChI=1S/C40H34N4O6/c1-40(33-11-3-2-4-12-33,34-13-17-36(18-14-34)49-38(47)43-25-31-9-5-7-29(21-31)23-41-27-45)35-15-19-37(20-16-35)50-39(48)44-26-32-10-6-8-30(22-32)24-42-28-46/h2-22H,23-26H2,1H3,(H,43,47)(H,44,48). The lowest BCUT2D eigenvalue weighted by Gasteiger charge is -2.32. The van der Waals surface area contributed by atoms with Crippen molar-refractivity contribution in [2.45, 2.75) is 38.5 Å². The van der Waals surface area contributed by atoms with E-state index in [1.165, 1.54) is 12.2 Å². The minimum atomic E-state index is -0.600. The Labute approximate surface area is 289 Å². The first-order valence-electron chi connectivity index (χ1n) is 15.8. The minimum Gasteiger partial charge on any atom is -0.410 e. The fraction of sp³-hybridized carbons (Fsp3) is 0.150. The molecule has 0 aliphatic heterocycles. The van der Waals surface area contributed by atoms with Gasteiger partial charge < -0.3 is 20.1 Å². The van der Waals surface area contributed by atoms with E-state index in [2.05, 4.69) is 39.7 Å². The number of nitrogens with one attached hydrogen (secondary N) is 2. The molecule has 0 aliphatic rings. The Balaban J connectivity index is 1.24. The molecule has 5 aromatic rings. The highest BCUT2D eigenvalue weighted by atomic mass is 16.6. The highest BCUT2D eigenvalue weighted by Gasteiger charge is 2.31. The lowest BCUT2D eigenvalue weighted by molar-refractivity contribution is 0.199. The molecular weight excluding hydrogens is 632 g/mol. The molecule has 0 heterocycles. The monoisotopic (exact) mass is 666 g/mol. The smallest absolute Gasteiger partial charge is 0.410 e. The lowest BCUT2D eigenvalue weighted by Crippen LogP contribution is -2.27. The van der Waals surface area contributed by atoms with Gasteiger partial charge in [0.05, 0.1) is 13.1 Å². The molecule has 0 aromatic heterocycles. The first kappa shape index (κ1) is 34.7. The van der Waals surface area contributed by atoms with Crippen LogP contribution >= 0.6 is 0 Å². The fourth-order valence-electron chi connectivity index (χ4n) is 5.54. The molecule has 0 fully saturated rings. The number of nitrogens with zero attached hydrogens (tertiary/aromatic N) is 2. The van der Waals surface area contributed by atoms with Crippen molar-refractivity contribution in [2.24, 2.45) is 9.98 Å². The van der Waals surface area contributed by atoms with E-state index in [0.29, 0.717) is 11.5 Å². The Morgan fingerprint density at radius 2 is 0.960 bits per heavy atom. The molecule has 250 valence electrons. The molecule has 0 bridgehead atoms. The maximum atomic E-state index is 12.6. The van der Waals surface area contributed by atoms with Gasteiger partial charge in [0.15, 0.2) is 0 Å². The summed E-state index contributed by atoms with van der Waals surface area (Å²) in [6, 6.07) is 39.5. The van der Waals surface area contributed by atoms with E-state index in [1.807, 2.05) is 91.0 Å². The molecule has 0 aliphatic carbocycles. The van der Waals surface area contributed by atoms with Crippen molar-refractivity contribution < 1.29 is 28.7 Å². The molecule has 0 radical (unpaired) electrons. The average Bonchev–Trinajstić information content (AvgIpc) is 3.15. The molecule has 0 saturated heterocycles. The molecule has 2 N–H and O–H groups in total. The van der Waals surface area contributed by atoms with Gasteiger partial charge in [-0.3, -0.25) is 0 Å². The van der Waals surface area contributed by atoms with E-state index in [-0.39, 0.29) is 26.2 Å². The van der Waals surface area contributed by atoms with Gasteiger partial charge in [0, 0.05) is 18.5 Å². The Bertz CT molecular complexity index is 1890. The van der Waals surface area contributed by atoms with Gasteiger partial charge >= 0.3 is 12.2 Å². The van der Waals surface area contributed by atoms with Crippen molar-refractivity contribution in [1.29, 1.82) is 0 Å². The highest BCUT2D eigenvalue weighted by molar-refractivity contribution is 5.71. The van der Waals surface area contributed by atoms with Crippen LogP contribution in [0.1, 0.15) is 45.9 Å². The number of benzene rings is 5. The second-order valence-electron chi connectivity index (χ2n) is 11.5. The summed E-state index contributed by atoms with van der Waals surface area (Å²) in [5.41, 5.74) is 5.72. The summed E-state index contributed by atoms with van der Waals surface area (Å²) in [7, 11) is 0. The van der Waals surface area contributed by atoms with Gasteiger partial charge in [-0.15, -0.1) is 0 Å². The molecule has 10 heteroatoms. The Morgan fingerprint density at radius 3 is 1.38 bits per heavy atom. The number of aliphatic imine (C=N–C) groups is 2. The van der Waals surface area contributed by atoms with Crippen LogP contribution in [-0.2, 0) is 41.2 Å². The number of rotatable bonds is 13. The summed E-state index contributed by atoms with van der Waals surface area (Å²) in [5.74, 6) is 0.762. The van der Waals surface area contributed by atoms with Crippen molar-refractivity contribution in [1.82, 2.24) is 10.6 Å². The molecule has 5 rings (SSSR count). The van der Waals surface area contributed by atoms with Gasteiger partial charge in [-0.2, -0.15) is 0 Å². The zero-order valence-electron chi connectivity index (χ0n) is 27.3. The van der Waals surface area contributed by atoms with Crippen LogP contribution in [0.5, 0.6) is 11.5 Å². The molecule has 0 unspecified atom stereocenters. The largest absolute Gasteiger partial charge is 0.412 e. The van der Waals surface area contributed by atoms with Gasteiger partial charge in [0.2, 0.25) is 12.2 Å². The summed E-state index contributed by atoms with van der Waals surface area (Å²) < 4.78 is 11.1. The second kappa shape index (κ2) is 17.0. The van der Waals surface area contributed by atoms with Crippen LogP contribution in [-0.4, -0.2) is 24.3 Å². The van der Waals surface area contributed by atoms with Gasteiger partial charge in [-0.05, 0) is 70.1 Å². The first-order chi connectivity index (χ1) is 24.4. The maximum absolute atomic E-state index is 12.6. The van der Waals surface area contributed by atoms with Crippen LogP contribution < -0.4 is 20.1 Å². The Hall–Kier alpha value is -6.60. The maximum Gasteiger partial charge on any atom is 0.412 e. The van der Waals surface area contributed by atoms with E-state index < -0.39 is 17.6 Å². The summed E-state index contributed by atoms with van der Waals surface area (Å²) >= 11 is 0. The summed E-state index contributed by atoms with van der Waals surface area (Å²) in [5, 5.41) is 5.49. The molecule has 2 amide bonds. The summed E-state index contributed by atoms with van der Waals surface area (Å²) in [6.07, 6.45) is 1.85. The van der Waals surface area contributed by atoms with Crippen molar-refractivity contribution >= 4 is 24.3 Å². The fourth-order valence-corrected chi connectivity index (χ4v) is 5.54. The van der Waals surface area contributed by atoms with E-state index in [9.17, 15) is 19.2 Å². The molecule has 10 nitrogen and oxygen atoms in total. The van der Waals surface area contributed by atoms with Gasteiger partial charge in [0.25, 0.3) is 0 Å². The number of carbonyl (C=O) groups excluding carboxylic acids is 4. The number of isocyanates is 2. The lowest BCUT2D eigenvalue weighted by atomic mass is 9.71. The highest BCUT2D eigenvalue weighted by Crippen LogP contribution is 2.40. The van der Waals surface area contributed by atoms with Crippen LogP contribution in [0.15, 0.2) is 137 Å². The van der Waals surface area contributed by atoms with Crippen LogP contribution in [0.2, 0.25) is 0 Å². The first-order valence-corrected chi connectivity index (χ1v) is 15.8. The zero-order chi connectivity index (χ0) is 35.2. The predicted octanol–water partition coefficient (Wildman–Crippen LogP) is 7.29. The third kappa shape index (κ3) is 9.27. The minimum absolute atomic E-state index is 0.226. The van der Waals surface area contributed by atoms with E-state index >= 15 is 0 Å². The second-order valence-corrected chi connectivity index (χ2v) is 11.5. The molecule has 5 aromatic carbocycles. The summed E-state index contributed by atoms with van der Waals surface area (Å²) in [6.45, 7) is 3.05. The van der Waals surface area contributed by atoms with Crippen molar-refractivity contribution in [3.63, 3.8) is 0 Å². The van der Waals surface area contributed by atoms with Crippen molar-refractivity contribution in [3.05, 3.63) is 166 Å².